The minimum absolute atomic E-state index is 0.139. The predicted molar refractivity (Wildman–Crippen MR) is 63.4 cm³/mol. The van der Waals surface area contributed by atoms with Gasteiger partial charge >= 0.3 is 12.3 Å². The molecule has 2 atom stereocenters. The van der Waals surface area contributed by atoms with Gasteiger partial charge in [0, 0.05) is 11.5 Å². The summed E-state index contributed by atoms with van der Waals surface area (Å²) in [6.07, 6.45) is -4.80. The van der Waals surface area contributed by atoms with Gasteiger partial charge in [-0.15, -0.1) is 13.2 Å². The van der Waals surface area contributed by atoms with E-state index in [4.69, 9.17) is 5.11 Å². The maximum atomic E-state index is 12.0. The second-order valence-corrected chi connectivity index (χ2v) is 4.35. The van der Waals surface area contributed by atoms with Gasteiger partial charge in [-0.3, -0.25) is 9.59 Å². The molecule has 0 bridgehead atoms. The van der Waals surface area contributed by atoms with Gasteiger partial charge < -0.3 is 9.84 Å². The SMILES string of the molecule is CC(C(=O)O)C(C)C(=O)c1ccc(OC(F)(F)F)cc1. The van der Waals surface area contributed by atoms with Gasteiger partial charge in [-0.2, -0.15) is 0 Å². The summed E-state index contributed by atoms with van der Waals surface area (Å²) in [5, 5.41) is 8.82. The highest BCUT2D eigenvalue weighted by molar-refractivity contribution is 5.99. The lowest BCUT2D eigenvalue weighted by Gasteiger charge is -2.15. The fourth-order valence-electron chi connectivity index (χ4n) is 1.52. The summed E-state index contributed by atoms with van der Waals surface area (Å²) in [6.45, 7) is 2.85. The zero-order valence-corrected chi connectivity index (χ0v) is 10.8. The number of carboxylic acids is 1. The number of Topliss-reactive ketones (excluding diaryl/α,β-unsaturated/α-hetero) is 1. The van der Waals surface area contributed by atoms with E-state index >= 15 is 0 Å². The molecule has 1 N–H and O–H groups in total. The van der Waals surface area contributed by atoms with E-state index in [1.807, 2.05) is 0 Å². The molecular weight excluding hydrogens is 277 g/mol. The largest absolute Gasteiger partial charge is 0.573 e. The number of hydrogen-bond donors (Lipinski definition) is 1. The zero-order valence-electron chi connectivity index (χ0n) is 10.8. The molecule has 0 spiro atoms. The van der Waals surface area contributed by atoms with Crippen LogP contribution in [0.1, 0.15) is 24.2 Å². The van der Waals surface area contributed by atoms with Crippen molar-refractivity contribution in [2.24, 2.45) is 11.8 Å². The first-order valence-corrected chi connectivity index (χ1v) is 5.74. The van der Waals surface area contributed by atoms with E-state index in [0.717, 1.165) is 12.1 Å². The van der Waals surface area contributed by atoms with Crippen molar-refractivity contribution in [2.75, 3.05) is 0 Å². The van der Waals surface area contributed by atoms with Gasteiger partial charge in [-0.25, -0.2) is 0 Å². The third-order valence-corrected chi connectivity index (χ3v) is 2.93. The number of ketones is 1. The third-order valence-electron chi connectivity index (χ3n) is 2.93. The normalized spacial score (nSPS) is 14.4. The maximum absolute atomic E-state index is 12.0. The smallest absolute Gasteiger partial charge is 0.481 e. The molecule has 2 unspecified atom stereocenters. The van der Waals surface area contributed by atoms with Crippen molar-refractivity contribution >= 4 is 11.8 Å². The molecule has 1 aromatic carbocycles. The molecule has 4 nitrogen and oxygen atoms in total. The number of rotatable bonds is 5. The summed E-state index contributed by atoms with van der Waals surface area (Å²) in [4.78, 5) is 22.8. The topological polar surface area (TPSA) is 63.6 Å². The molecule has 0 aliphatic heterocycles. The van der Waals surface area contributed by atoms with Gasteiger partial charge in [-0.1, -0.05) is 13.8 Å². The highest BCUT2D eigenvalue weighted by atomic mass is 19.4. The molecule has 7 heteroatoms. The monoisotopic (exact) mass is 290 g/mol. The fraction of sp³-hybridized carbons (Fsp3) is 0.385. The molecule has 0 heterocycles. The van der Waals surface area contributed by atoms with E-state index in [9.17, 15) is 22.8 Å². The van der Waals surface area contributed by atoms with Crippen LogP contribution in [-0.2, 0) is 4.79 Å². The van der Waals surface area contributed by atoms with Crippen molar-refractivity contribution in [2.45, 2.75) is 20.2 Å². The highest BCUT2D eigenvalue weighted by Gasteiger charge is 2.31. The lowest BCUT2D eigenvalue weighted by atomic mass is 9.88. The van der Waals surface area contributed by atoms with Gasteiger partial charge in [0.25, 0.3) is 0 Å². The Labute approximate surface area is 113 Å². The first-order valence-electron chi connectivity index (χ1n) is 5.74. The Morgan fingerprint density at radius 2 is 1.60 bits per heavy atom. The van der Waals surface area contributed by atoms with Crippen molar-refractivity contribution in [1.82, 2.24) is 0 Å². The number of carbonyl (C=O) groups excluding carboxylic acids is 1. The number of benzene rings is 1. The number of aliphatic carboxylic acids is 1. The highest BCUT2D eigenvalue weighted by Crippen LogP contribution is 2.24. The van der Waals surface area contributed by atoms with E-state index in [2.05, 4.69) is 4.74 Å². The van der Waals surface area contributed by atoms with Crippen LogP contribution in [0.5, 0.6) is 5.75 Å². The fourth-order valence-corrected chi connectivity index (χ4v) is 1.52. The summed E-state index contributed by atoms with van der Waals surface area (Å²) in [5.41, 5.74) is 0.139. The molecule has 1 aromatic rings. The van der Waals surface area contributed by atoms with Crippen molar-refractivity contribution in [3.05, 3.63) is 29.8 Å². The second-order valence-electron chi connectivity index (χ2n) is 4.35. The Bertz CT molecular complexity index is 493. The Kier molecular flexibility index (Phi) is 4.75. The van der Waals surface area contributed by atoms with Gasteiger partial charge in [0.15, 0.2) is 5.78 Å². The number of halogens is 3. The second kappa shape index (κ2) is 5.94. The van der Waals surface area contributed by atoms with E-state index in [0.29, 0.717) is 0 Å². The molecule has 0 aromatic heterocycles. The van der Waals surface area contributed by atoms with Crippen LogP contribution in [-0.4, -0.2) is 23.2 Å². The van der Waals surface area contributed by atoms with Crippen LogP contribution >= 0.6 is 0 Å². The van der Waals surface area contributed by atoms with Crippen LogP contribution in [0.25, 0.3) is 0 Å². The van der Waals surface area contributed by atoms with Crippen LogP contribution < -0.4 is 4.74 Å². The minimum atomic E-state index is -4.80. The molecule has 0 aliphatic rings. The summed E-state index contributed by atoms with van der Waals surface area (Å²) < 4.78 is 39.6. The minimum Gasteiger partial charge on any atom is -0.481 e. The number of hydrogen-bond acceptors (Lipinski definition) is 3. The molecule has 0 saturated heterocycles. The third kappa shape index (κ3) is 4.25. The number of carboxylic acid groups (broad SMARTS) is 1. The molecule has 1 rings (SSSR count). The first kappa shape index (κ1) is 16.0. The summed E-state index contributed by atoms with van der Waals surface area (Å²) in [5.74, 6) is -3.65. The summed E-state index contributed by atoms with van der Waals surface area (Å²) in [6, 6.07) is 4.38. The average molecular weight is 290 g/mol. The van der Waals surface area contributed by atoms with Gasteiger partial charge in [0.05, 0.1) is 5.92 Å². The molecule has 0 radical (unpaired) electrons. The molecule has 20 heavy (non-hydrogen) atoms. The van der Waals surface area contributed by atoms with Crippen LogP contribution in [0.15, 0.2) is 24.3 Å². The summed E-state index contributed by atoms with van der Waals surface area (Å²) in [7, 11) is 0. The molecule has 0 amide bonds. The van der Waals surface area contributed by atoms with Crippen molar-refractivity contribution in [3.63, 3.8) is 0 Å². The number of alkyl halides is 3. The van der Waals surface area contributed by atoms with E-state index in [1.165, 1.54) is 26.0 Å². The maximum Gasteiger partial charge on any atom is 0.573 e. The number of ether oxygens (including phenoxy) is 1. The van der Waals surface area contributed by atoms with Gasteiger partial charge in [-0.05, 0) is 24.3 Å². The van der Waals surface area contributed by atoms with Crippen molar-refractivity contribution < 1.29 is 32.6 Å². The van der Waals surface area contributed by atoms with Crippen LogP contribution in [0.4, 0.5) is 13.2 Å². The van der Waals surface area contributed by atoms with Gasteiger partial charge in [0.1, 0.15) is 5.75 Å². The molecule has 0 aliphatic carbocycles. The standard InChI is InChI=1S/C13H13F3O4/c1-7(8(2)12(18)19)11(17)9-3-5-10(6-4-9)20-13(14,15)16/h3-8H,1-2H3,(H,18,19). The quantitative estimate of drug-likeness (QED) is 0.846. The van der Waals surface area contributed by atoms with E-state index < -0.39 is 35.7 Å². The Balaban J connectivity index is 2.83. The van der Waals surface area contributed by atoms with Crippen LogP contribution in [0.3, 0.4) is 0 Å². The van der Waals surface area contributed by atoms with Crippen LogP contribution in [0, 0.1) is 11.8 Å². The van der Waals surface area contributed by atoms with Crippen molar-refractivity contribution in [3.8, 4) is 5.75 Å². The molecule has 110 valence electrons. The van der Waals surface area contributed by atoms with Gasteiger partial charge in [0.2, 0.25) is 0 Å². The molecule has 0 saturated carbocycles. The van der Waals surface area contributed by atoms with E-state index in [-0.39, 0.29) is 5.56 Å². The Morgan fingerprint density at radius 3 is 2.00 bits per heavy atom. The predicted octanol–water partition coefficient (Wildman–Crippen LogP) is 3.12. The molecule has 0 fully saturated rings. The van der Waals surface area contributed by atoms with E-state index in [1.54, 1.807) is 0 Å². The molecular formula is C13H13F3O4. The Morgan fingerprint density at radius 1 is 1.10 bits per heavy atom. The zero-order chi connectivity index (χ0) is 15.5. The van der Waals surface area contributed by atoms with Crippen molar-refractivity contribution in [1.29, 1.82) is 0 Å². The lowest BCUT2D eigenvalue weighted by molar-refractivity contribution is -0.274. The average Bonchev–Trinajstić information content (AvgIpc) is 2.35. The number of carbonyl (C=O) groups is 2. The first-order chi connectivity index (χ1) is 9.11. The van der Waals surface area contributed by atoms with Crippen LogP contribution in [0.2, 0.25) is 0 Å². The summed E-state index contributed by atoms with van der Waals surface area (Å²) >= 11 is 0. The lowest BCUT2D eigenvalue weighted by Crippen LogP contribution is -2.25. The Hall–Kier alpha value is -2.05.